The molecule has 2 aliphatic rings. The van der Waals surface area contributed by atoms with Gasteiger partial charge < -0.3 is 20.1 Å². The first-order valence-electron chi connectivity index (χ1n) is 9.24. The van der Waals surface area contributed by atoms with Gasteiger partial charge in [0.1, 0.15) is 13.2 Å². The lowest BCUT2D eigenvalue weighted by molar-refractivity contribution is -0.124. The van der Waals surface area contributed by atoms with Crippen LogP contribution in [0.15, 0.2) is 18.2 Å². The fourth-order valence-corrected chi connectivity index (χ4v) is 4.98. The Morgan fingerprint density at radius 2 is 1.79 bits per heavy atom. The van der Waals surface area contributed by atoms with Gasteiger partial charge in [-0.2, -0.15) is 0 Å². The molecule has 2 N–H and O–H groups in total. The predicted octanol–water partition coefficient (Wildman–Crippen LogP) is 1.44. The largest absolute Gasteiger partial charge is 0.486 e. The van der Waals surface area contributed by atoms with Crippen LogP contribution >= 0.6 is 12.4 Å². The summed E-state index contributed by atoms with van der Waals surface area (Å²) in [6, 6.07) is 5.76. The zero-order chi connectivity index (χ0) is 19.7. The Morgan fingerprint density at radius 1 is 1.18 bits per heavy atom. The summed E-state index contributed by atoms with van der Waals surface area (Å²) >= 11 is 0. The van der Waals surface area contributed by atoms with Crippen LogP contribution in [0.25, 0.3) is 0 Å². The zero-order valence-corrected chi connectivity index (χ0v) is 18.2. The molecule has 3 rings (SSSR count). The van der Waals surface area contributed by atoms with Gasteiger partial charge in [0, 0.05) is 18.2 Å². The van der Waals surface area contributed by atoms with Crippen LogP contribution in [0.1, 0.15) is 32.3 Å². The first kappa shape index (κ1) is 22.8. The third-order valence-electron chi connectivity index (χ3n) is 5.55. The average molecular weight is 433 g/mol. The molecule has 0 radical (unpaired) electrons. The molecule has 0 saturated carbocycles. The second-order valence-electron chi connectivity index (χ2n) is 7.94. The number of benzene rings is 1. The number of carbonyl (C=O) groups excluding carboxylic acids is 1. The Labute approximate surface area is 172 Å². The maximum absolute atomic E-state index is 12.9. The number of nitrogens with one attached hydrogen (secondary N) is 2. The third-order valence-corrected chi connectivity index (χ3v) is 7.56. The van der Waals surface area contributed by atoms with Gasteiger partial charge in [0.2, 0.25) is 5.91 Å². The number of ether oxygens (including phenoxy) is 2. The van der Waals surface area contributed by atoms with Crippen LogP contribution in [0, 0.1) is 0 Å². The number of halogens is 1. The third kappa shape index (κ3) is 4.39. The van der Waals surface area contributed by atoms with E-state index in [0.717, 1.165) is 17.6 Å². The van der Waals surface area contributed by atoms with Crippen LogP contribution < -0.4 is 20.1 Å². The van der Waals surface area contributed by atoms with Crippen LogP contribution in [0.5, 0.6) is 11.5 Å². The van der Waals surface area contributed by atoms with Gasteiger partial charge in [0.25, 0.3) is 0 Å². The average Bonchev–Trinajstić information content (AvgIpc) is 2.65. The standard InChI is InChI=1S/C19H28N2O5S.ClH/c1-18(2,14-4-5-15-16(12-14)26-11-10-25-15)13-21-17(22)19(27(3,23)24)6-8-20-9-7-19;/h4-5,12,20H,6-11,13H2,1-3H3,(H,21,22);1H. The molecule has 1 aromatic rings. The van der Waals surface area contributed by atoms with E-state index in [1.165, 1.54) is 0 Å². The highest BCUT2D eigenvalue weighted by molar-refractivity contribution is 7.92. The van der Waals surface area contributed by atoms with Crippen LogP contribution in [-0.4, -0.2) is 58.2 Å². The number of hydrogen-bond acceptors (Lipinski definition) is 6. The van der Waals surface area contributed by atoms with E-state index in [-0.39, 0.29) is 12.4 Å². The molecule has 7 nitrogen and oxygen atoms in total. The zero-order valence-electron chi connectivity index (χ0n) is 16.5. The Morgan fingerprint density at radius 3 is 2.39 bits per heavy atom. The second kappa shape index (κ2) is 8.47. The smallest absolute Gasteiger partial charge is 0.241 e. The number of piperidine rings is 1. The Kier molecular flexibility index (Phi) is 6.89. The number of hydrogen-bond donors (Lipinski definition) is 2. The molecule has 2 aliphatic heterocycles. The minimum absolute atomic E-state index is 0. The predicted molar refractivity (Wildman–Crippen MR) is 110 cm³/mol. The summed E-state index contributed by atoms with van der Waals surface area (Å²) in [6.45, 7) is 6.43. The van der Waals surface area contributed by atoms with Gasteiger partial charge in [-0.25, -0.2) is 8.42 Å². The van der Waals surface area contributed by atoms with Gasteiger partial charge in [0.05, 0.1) is 0 Å². The first-order chi connectivity index (χ1) is 12.7. The Hall–Kier alpha value is -1.51. The van der Waals surface area contributed by atoms with E-state index in [1.54, 1.807) is 0 Å². The lowest BCUT2D eigenvalue weighted by Gasteiger charge is -2.36. The van der Waals surface area contributed by atoms with Crippen molar-refractivity contribution < 1.29 is 22.7 Å². The molecule has 158 valence electrons. The molecule has 0 atom stereocenters. The molecule has 0 aromatic heterocycles. The number of fused-ring (bicyclic) bond motifs is 1. The summed E-state index contributed by atoms with van der Waals surface area (Å²) in [6.07, 6.45) is 1.74. The van der Waals surface area contributed by atoms with E-state index >= 15 is 0 Å². The molecule has 0 aliphatic carbocycles. The summed E-state index contributed by atoms with van der Waals surface area (Å²) in [7, 11) is -3.52. The van der Waals surface area contributed by atoms with Crippen molar-refractivity contribution in [2.75, 3.05) is 39.1 Å². The van der Waals surface area contributed by atoms with Crippen molar-refractivity contribution in [3.63, 3.8) is 0 Å². The van der Waals surface area contributed by atoms with Crippen LogP contribution in [-0.2, 0) is 20.0 Å². The van der Waals surface area contributed by atoms with E-state index in [1.807, 2.05) is 32.0 Å². The van der Waals surface area contributed by atoms with Crippen molar-refractivity contribution in [2.45, 2.75) is 36.9 Å². The second-order valence-corrected chi connectivity index (χ2v) is 10.3. The summed E-state index contributed by atoms with van der Waals surface area (Å²) < 4.78 is 34.6. The monoisotopic (exact) mass is 432 g/mol. The SMILES string of the molecule is CC(C)(CNC(=O)C1(S(C)(=O)=O)CCNCC1)c1ccc2c(c1)OCCO2.Cl. The Balaban J connectivity index is 0.00000280. The van der Waals surface area contributed by atoms with Crippen molar-refractivity contribution in [2.24, 2.45) is 0 Å². The van der Waals surface area contributed by atoms with Crippen molar-refractivity contribution in [3.05, 3.63) is 23.8 Å². The van der Waals surface area contributed by atoms with E-state index < -0.39 is 25.9 Å². The molecule has 1 amide bonds. The Bertz CT molecular complexity index is 820. The minimum atomic E-state index is -3.52. The maximum Gasteiger partial charge on any atom is 0.241 e. The van der Waals surface area contributed by atoms with E-state index in [0.29, 0.717) is 51.4 Å². The van der Waals surface area contributed by atoms with Gasteiger partial charge in [-0.05, 0) is 43.6 Å². The number of carbonyl (C=O) groups is 1. The number of sulfone groups is 1. The van der Waals surface area contributed by atoms with E-state index in [9.17, 15) is 13.2 Å². The molecule has 0 spiro atoms. The van der Waals surface area contributed by atoms with Crippen LogP contribution in [0.3, 0.4) is 0 Å². The highest BCUT2D eigenvalue weighted by Gasteiger charge is 2.48. The molecule has 2 heterocycles. The quantitative estimate of drug-likeness (QED) is 0.731. The lowest BCUT2D eigenvalue weighted by Crippen LogP contribution is -2.58. The van der Waals surface area contributed by atoms with Crippen molar-refractivity contribution >= 4 is 28.2 Å². The molecule has 9 heteroatoms. The molecular weight excluding hydrogens is 404 g/mol. The molecule has 1 saturated heterocycles. The molecule has 1 fully saturated rings. The highest BCUT2D eigenvalue weighted by Crippen LogP contribution is 2.35. The summed E-state index contributed by atoms with van der Waals surface area (Å²) in [5.41, 5.74) is 0.600. The fourth-order valence-electron chi connectivity index (χ4n) is 3.63. The molecule has 1 aromatic carbocycles. The summed E-state index contributed by atoms with van der Waals surface area (Å²) in [5, 5.41) is 6.02. The van der Waals surface area contributed by atoms with Gasteiger partial charge in [-0.15, -0.1) is 12.4 Å². The molecule has 28 heavy (non-hydrogen) atoms. The summed E-state index contributed by atoms with van der Waals surface area (Å²) in [4.78, 5) is 12.9. The first-order valence-corrected chi connectivity index (χ1v) is 11.1. The molecule has 0 bridgehead atoms. The van der Waals surface area contributed by atoms with Gasteiger partial charge >= 0.3 is 0 Å². The minimum Gasteiger partial charge on any atom is -0.486 e. The van der Waals surface area contributed by atoms with Crippen molar-refractivity contribution in [1.82, 2.24) is 10.6 Å². The van der Waals surface area contributed by atoms with Gasteiger partial charge in [-0.1, -0.05) is 19.9 Å². The molecule has 0 unspecified atom stereocenters. The highest BCUT2D eigenvalue weighted by atomic mass is 35.5. The summed E-state index contributed by atoms with van der Waals surface area (Å²) in [5.74, 6) is 1.01. The lowest BCUT2D eigenvalue weighted by atomic mass is 9.84. The number of rotatable bonds is 5. The van der Waals surface area contributed by atoms with Crippen LogP contribution in [0.4, 0.5) is 0 Å². The molecular formula is C19H29ClN2O5S. The van der Waals surface area contributed by atoms with Gasteiger partial charge in [0.15, 0.2) is 26.1 Å². The van der Waals surface area contributed by atoms with Crippen LogP contribution in [0.2, 0.25) is 0 Å². The normalized spacial score (nSPS) is 18.7. The van der Waals surface area contributed by atoms with Crippen molar-refractivity contribution in [3.8, 4) is 11.5 Å². The maximum atomic E-state index is 12.9. The van der Waals surface area contributed by atoms with Crippen molar-refractivity contribution in [1.29, 1.82) is 0 Å². The topological polar surface area (TPSA) is 93.7 Å². The fraction of sp³-hybridized carbons (Fsp3) is 0.632. The number of amides is 1. The van der Waals surface area contributed by atoms with E-state index in [4.69, 9.17) is 9.47 Å². The van der Waals surface area contributed by atoms with E-state index in [2.05, 4.69) is 10.6 Å². The van der Waals surface area contributed by atoms with Gasteiger partial charge in [-0.3, -0.25) is 4.79 Å².